The van der Waals surface area contributed by atoms with Crippen LogP contribution < -0.4 is 5.32 Å². The van der Waals surface area contributed by atoms with Crippen LogP contribution in [0.15, 0.2) is 94.6 Å². The Balaban J connectivity index is 1.51. The molecule has 0 bridgehead atoms. The minimum Gasteiger partial charge on any atom is -0.472 e. The number of furan rings is 2. The van der Waals surface area contributed by atoms with Crippen LogP contribution in [0.2, 0.25) is 0 Å². The number of hydrogen-bond donors (Lipinski definition) is 1. The second-order valence-corrected chi connectivity index (χ2v) is 6.82. The summed E-state index contributed by atoms with van der Waals surface area (Å²) in [6.07, 6.45) is 6.44. The van der Waals surface area contributed by atoms with Gasteiger partial charge in [0.05, 0.1) is 36.1 Å². The molecule has 0 atom stereocenters. The van der Waals surface area contributed by atoms with Crippen molar-refractivity contribution in [3.8, 4) is 22.5 Å². The van der Waals surface area contributed by atoms with Crippen LogP contribution in [-0.4, -0.2) is 15.9 Å². The Bertz CT molecular complexity index is 1290. The highest BCUT2D eigenvalue weighted by Gasteiger charge is 2.16. The first kappa shape index (κ1) is 17.9. The fourth-order valence-electron chi connectivity index (χ4n) is 3.28. The van der Waals surface area contributed by atoms with Crippen molar-refractivity contribution in [1.29, 1.82) is 0 Å². The molecule has 0 saturated carbocycles. The van der Waals surface area contributed by atoms with E-state index in [1.54, 1.807) is 37.2 Å². The quantitative estimate of drug-likeness (QED) is 0.449. The van der Waals surface area contributed by atoms with Gasteiger partial charge in [-0.15, -0.1) is 0 Å². The molecule has 3 aromatic heterocycles. The van der Waals surface area contributed by atoms with E-state index in [-0.39, 0.29) is 5.91 Å². The molecule has 0 unspecified atom stereocenters. The first-order chi connectivity index (χ1) is 14.8. The number of nitrogens with zero attached hydrogens (tertiary/aromatic N) is 2. The summed E-state index contributed by atoms with van der Waals surface area (Å²) >= 11 is 0. The van der Waals surface area contributed by atoms with Gasteiger partial charge in [-0.2, -0.15) is 0 Å². The van der Waals surface area contributed by atoms with Crippen LogP contribution in [0.4, 0.5) is 0 Å². The van der Waals surface area contributed by atoms with E-state index in [1.807, 2.05) is 48.5 Å². The zero-order valence-electron chi connectivity index (χ0n) is 15.9. The molecule has 0 aliphatic heterocycles. The van der Waals surface area contributed by atoms with Crippen LogP contribution in [0.1, 0.15) is 15.9 Å². The minimum absolute atomic E-state index is 0.161. The third-order valence-corrected chi connectivity index (χ3v) is 4.81. The number of rotatable bonds is 5. The molecule has 6 heteroatoms. The predicted molar refractivity (Wildman–Crippen MR) is 113 cm³/mol. The number of hydrogen-bond acceptors (Lipinski definition) is 5. The highest BCUT2D eigenvalue weighted by Crippen LogP contribution is 2.31. The lowest BCUT2D eigenvalue weighted by Gasteiger charge is -2.09. The third kappa shape index (κ3) is 3.46. The number of carbonyl (C=O) groups excluding carboxylic acids is 1. The lowest BCUT2D eigenvalue weighted by molar-refractivity contribution is 0.0951. The van der Waals surface area contributed by atoms with Gasteiger partial charge in [0, 0.05) is 23.2 Å². The molecule has 0 aliphatic rings. The maximum Gasteiger partial charge on any atom is 0.251 e. The van der Waals surface area contributed by atoms with Gasteiger partial charge in [0.2, 0.25) is 0 Å². The average Bonchev–Trinajstić information content (AvgIpc) is 3.51. The zero-order valence-corrected chi connectivity index (χ0v) is 15.9. The van der Waals surface area contributed by atoms with E-state index in [4.69, 9.17) is 18.8 Å². The van der Waals surface area contributed by atoms with Crippen LogP contribution in [0, 0.1) is 0 Å². The number of fused-ring (bicyclic) bond motifs is 1. The molecule has 1 amide bonds. The summed E-state index contributed by atoms with van der Waals surface area (Å²) in [5, 5.41) is 2.94. The molecule has 30 heavy (non-hydrogen) atoms. The van der Waals surface area contributed by atoms with Gasteiger partial charge >= 0.3 is 0 Å². The van der Waals surface area contributed by atoms with Crippen molar-refractivity contribution in [3.05, 3.63) is 96.8 Å². The monoisotopic (exact) mass is 395 g/mol. The highest BCUT2D eigenvalue weighted by molar-refractivity contribution is 5.98. The Labute approximate surface area is 172 Å². The van der Waals surface area contributed by atoms with E-state index >= 15 is 0 Å². The van der Waals surface area contributed by atoms with Crippen molar-refractivity contribution < 1.29 is 13.6 Å². The molecule has 6 nitrogen and oxygen atoms in total. The second-order valence-electron chi connectivity index (χ2n) is 6.82. The fourth-order valence-corrected chi connectivity index (χ4v) is 3.28. The average molecular weight is 395 g/mol. The molecule has 0 radical (unpaired) electrons. The molecular formula is C24H17N3O3. The number of amides is 1. The summed E-state index contributed by atoms with van der Waals surface area (Å²) in [6, 6.07) is 18.8. The summed E-state index contributed by atoms with van der Waals surface area (Å²) in [4.78, 5) is 22.2. The summed E-state index contributed by atoms with van der Waals surface area (Å²) in [5.41, 5.74) is 5.88. The van der Waals surface area contributed by atoms with Crippen molar-refractivity contribution in [2.24, 2.45) is 0 Å². The predicted octanol–water partition coefficient (Wildman–Crippen LogP) is 5.08. The fraction of sp³-hybridized carbons (Fsp3) is 0.0417. The van der Waals surface area contributed by atoms with Gasteiger partial charge in [0.15, 0.2) is 0 Å². The lowest BCUT2D eigenvalue weighted by Crippen LogP contribution is -2.22. The SMILES string of the molecule is O=C(NCc1ccccc1)c1ccc2nc(-c3ccoc3)c(-c3ccoc3)nc2c1. The van der Waals surface area contributed by atoms with Crippen LogP contribution in [0.5, 0.6) is 0 Å². The standard InChI is InChI=1S/C24H17N3O3/c28-24(25-13-16-4-2-1-3-5-16)17-6-7-20-21(12-17)27-23(19-9-11-30-15-19)22(26-20)18-8-10-29-14-18/h1-12,14-15H,13H2,(H,25,28). The molecule has 1 N–H and O–H groups in total. The first-order valence-electron chi connectivity index (χ1n) is 9.47. The Morgan fingerprint density at radius 1 is 0.800 bits per heavy atom. The lowest BCUT2D eigenvalue weighted by atomic mass is 10.1. The first-order valence-corrected chi connectivity index (χ1v) is 9.47. The third-order valence-electron chi connectivity index (χ3n) is 4.81. The number of nitrogens with one attached hydrogen (secondary N) is 1. The van der Waals surface area contributed by atoms with Gasteiger partial charge < -0.3 is 14.2 Å². The molecular weight excluding hydrogens is 378 g/mol. The second kappa shape index (κ2) is 7.67. The number of carbonyl (C=O) groups is 1. The van der Waals surface area contributed by atoms with Crippen molar-refractivity contribution in [2.75, 3.05) is 0 Å². The number of aromatic nitrogens is 2. The molecule has 2 aromatic carbocycles. The Hall–Kier alpha value is -4.19. The van der Waals surface area contributed by atoms with Gasteiger partial charge in [-0.1, -0.05) is 30.3 Å². The van der Waals surface area contributed by atoms with E-state index < -0.39 is 0 Å². The van der Waals surface area contributed by atoms with E-state index in [1.165, 1.54) is 0 Å². The molecule has 5 aromatic rings. The molecule has 5 rings (SSSR count). The molecule has 0 spiro atoms. The Morgan fingerprint density at radius 3 is 2.10 bits per heavy atom. The van der Waals surface area contributed by atoms with Crippen molar-refractivity contribution in [3.63, 3.8) is 0 Å². The van der Waals surface area contributed by atoms with E-state index in [2.05, 4.69) is 5.32 Å². The van der Waals surface area contributed by atoms with E-state index in [0.717, 1.165) is 16.7 Å². The molecule has 146 valence electrons. The number of benzene rings is 2. The zero-order chi connectivity index (χ0) is 20.3. The Morgan fingerprint density at radius 2 is 1.47 bits per heavy atom. The summed E-state index contributed by atoms with van der Waals surface area (Å²) in [5.74, 6) is -0.161. The molecule has 0 saturated heterocycles. The van der Waals surface area contributed by atoms with E-state index in [0.29, 0.717) is 34.5 Å². The summed E-state index contributed by atoms with van der Waals surface area (Å²) in [7, 11) is 0. The van der Waals surface area contributed by atoms with Gasteiger partial charge in [-0.3, -0.25) is 4.79 Å². The van der Waals surface area contributed by atoms with Crippen LogP contribution in [0.25, 0.3) is 33.5 Å². The maximum absolute atomic E-state index is 12.6. The van der Waals surface area contributed by atoms with Crippen molar-refractivity contribution >= 4 is 16.9 Å². The minimum atomic E-state index is -0.161. The normalized spacial score (nSPS) is 10.9. The van der Waals surface area contributed by atoms with Gasteiger partial charge in [-0.05, 0) is 35.9 Å². The van der Waals surface area contributed by atoms with Crippen LogP contribution in [0.3, 0.4) is 0 Å². The largest absolute Gasteiger partial charge is 0.472 e. The van der Waals surface area contributed by atoms with Crippen molar-refractivity contribution in [1.82, 2.24) is 15.3 Å². The van der Waals surface area contributed by atoms with Gasteiger partial charge in [0.25, 0.3) is 5.91 Å². The van der Waals surface area contributed by atoms with E-state index in [9.17, 15) is 4.79 Å². The topological polar surface area (TPSA) is 81.2 Å². The van der Waals surface area contributed by atoms with Gasteiger partial charge in [-0.25, -0.2) is 9.97 Å². The highest BCUT2D eigenvalue weighted by atomic mass is 16.3. The maximum atomic E-state index is 12.6. The Kier molecular flexibility index (Phi) is 4.57. The van der Waals surface area contributed by atoms with Crippen molar-refractivity contribution in [2.45, 2.75) is 6.54 Å². The smallest absolute Gasteiger partial charge is 0.251 e. The summed E-state index contributed by atoms with van der Waals surface area (Å²) in [6.45, 7) is 0.461. The molecule has 3 heterocycles. The molecule has 0 fully saturated rings. The summed E-state index contributed by atoms with van der Waals surface area (Å²) < 4.78 is 10.5. The van der Waals surface area contributed by atoms with Crippen LogP contribution >= 0.6 is 0 Å². The van der Waals surface area contributed by atoms with Gasteiger partial charge in [0.1, 0.15) is 11.4 Å². The van der Waals surface area contributed by atoms with Crippen LogP contribution in [-0.2, 0) is 6.54 Å². The molecule has 0 aliphatic carbocycles.